The number of amides is 1. The van der Waals surface area contributed by atoms with Crippen molar-refractivity contribution in [3.63, 3.8) is 0 Å². The van der Waals surface area contributed by atoms with Gasteiger partial charge in [0, 0.05) is 29.5 Å². The van der Waals surface area contributed by atoms with Crippen molar-refractivity contribution in [2.24, 2.45) is 5.92 Å². The molecule has 0 radical (unpaired) electrons. The molecule has 1 amide bonds. The fourth-order valence-electron chi connectivity index (χ4n) is 3.12. The van der Waals surface area contributed by atoms with E-state index in [9.17, 15) is 9.90 Å². The Morgan fingerprint density at radius 2 is 2.27 bits per heavy atom. The first-order valence-corrected chi connectivity index (χ1v) is 8.71. The number of aromatic amines is 1. The number of thiophene rings is 1. The van der Waals surface area contributed by atoms with Crippen LogP contribution in [0.2, 0.25) is 0 Å². The Labute approximate surface area is 133 Å². The number of aliphatic hydroxyl groups excluding tert-OH is 1. The van der Waals surface area contributed by atoms with Crippen molar-refractivity contribution in [1.29, 1.82) is 0 Å². The molecule has 6 heteroatoms. The highest BCUT2D eigenvalue weighted by Crippen LogP contribution is 2.26. The molecule has 2 aromatic rings. The van der Waals surface area contributed by atoms with Crippen LogP contribution in [0.3, 0.4) is 0 Å². The minimum atomic E-state index is -0.111. The molecule has 2 heterocycles. The number of carbonyl (C=O) groups is 1. The van der Waals surface area contributed by atoms with Crippen LogP contribution in [0.15, 0.2) is 23.0 Å². The molecule has 3 N–H and O–H groups in total. The second-order valence-corrected chi connectivity index (χ2v) is 6.61. The van der Waals surface area contributed by atoms with Crippen LogP contribution in [0.5, 0.6) is 0 Å². The first-order valence-electron chi connectivity index (χ1n) is 7.77. The van der Waals surface area contributed by atoms with E-state index in [0.29, 0.717) is 5.56 Å². The van der Waals surface area contributed by atoms with Crippen LogP contribution in [0.25, 0.3) is 11.3 Å². The topological polar surface area (TPSA) is 78.0 Å². The monoisotopic (exact) mass is 319 g/mol. The molecule has 1 fully saturated rings. The fraction of sp³-hybridized carbons (Fsp3) is 0.500. The van der Waals surface area contributed by atoms with Gasteiger partial charge in [0.05, 0.1) is 17.5 Å². The van der Waals surface area contributed by atoms with Crippen molar-refractivity contribution in [1.82, 2.24) is 15.5 Å². The zero-order valence-corrected chi connectivity index (χ0v) is 13.2. The predicted octanol–water partition coefficient (Wildman–Crippen LogP) is 2.81. The lowest BCUT2D eigenvalue weighted by Crippen LogP contribution is -2.41. The van der Waals surface area contributed by atoms with Crippen LogP contribution in [-0.4, -0.2) is 33.9 Å². The molecule has 1 aliphatic rings. The van der Waals surface area contributed by atoms with Gasteiger partial charge in [-0.05, 0) is 24.3 Å². The van der Waals surface area contributed by atoms with Crippen LogP contribution >= 0.6 is 11.3 Å². The van der Waals surface area contributed by atoms with Crippen LogP contribution < -0.4 is 5.32 Å². The molecule has 1 saturated carbocycles. The van der Waals surface area contributed by atoms with Gasteiger partial charge in [-0.15, -0.1) is 0 Å². The molecular weight excluding hydrogens is 298 g/mol. The first kappa shape index (κ1) is 15.2. The summed E-state index contributed by atoms with van der Waals surface area (Å²) in [4.78, 5) is 12.6. The highest BCUT2D eigenvalue weighted by atomic mass is 32.1. The molecule has 0 saturated heterocycles. The van der Waals surface area contributed by atoms with Crippen molar-refractivity contribution in [3.05, 3.63) is 28.6 Å². The Bertz CT molecular complexity index is 609. The number of carbonyl (C=O) groups excluding carboxylic acids is 1. The molecule has 118 valence electrons. The summed E-state index contributed by atoms with van der Waals surface area (Å²) in [5.74, 6) is 0.0447. The number of aromatic nitrogens is 2. The van der Waals surface area contributed by atoms with E-state index in [4.69, 9.17) is 0 Å². The van der Waals surface area contributed by atoms with E-state index in [-0.39, 0.29) is 24.5 Å². The maximum absolute atomic E-state index is 12.6. The van der Waals surface area contributed by atoms with Gasteiger partial charge in [0.1, 0.15) is 0 Å². The summed E-state index contributed by atoms with van der Waals surface area (Å²) >= 11 is 1.59. The Kier molecular flexibility index (Phi) is 4.90. The molecule has 2 atom stereocenters. The minimum Gasteiger partial charge on any atom is -0.396 e. The molecule has 0 unspecified atom stereocenters. The first-order chi connectivity index (χ1) is 10.8. The van der Waals surface area contributed by atoms with E-state index in [1.54, 1.807) is 17.5 Å². The molecule has 0 bridgehead atoms. The van der Waals surface area contributed by atoms with E-state index in [1.165, 1.54) is 6.42 Å². The van der Waals surface area contributed by atoms with Crippen molar-refractivity contribution in [2.75, 3.05) is 6.61 Å². The van der Waals surface area contributed by atoms with Crippen LogP contribution in [0.1, 0.15) is 42.5 Å². The van der Waals surface area contributed by atoms with Crippen molar-refractivity contribution in [3.8, 4) is 11.3 Å². The average molecular weight is 319 g/mol. The summed E-state index contributed by atoms with van der Waals surface area (Å²) in [6.45, 7) is 0.133. The number of H-pyrrole nitrogens is 1. The number of hydrogen-bond donors (Lipinski definition) is 3. The summed E-state index contributed by atoms with van der Waals surface area (Å²) < 4.78 is 0. The molecular formula is C16H21N3O2S. The largest absolute Gasteiger partial charge is 0.396 e. The second-order valence-electron chi connectivity index (χ2n) is 5.83. The molecule has 0 aliphatic heterocycles. The van der Waals surface area contributed by atoms with Crippen molar-refractivity contribution >= 4 is 17.2 Å². The summed E-state index contributed by atoms with van der Waals surface area (Å²) in [6, 6.07) is 2.02. The lowest BCUT2D eigenvalue weighted by molar-refractivity contribution is 0.0900. The smallest absolute Gasteiger partial charge is 0.255 e. The summed E-state index contributed by atoms with van der Waals surface area (Å²) in [5, 5.41) is 23.6. The van der Waals surface area contributed by atoms with Gasteiger partial charge in [-0.25, -0.2) is 0 Å². The van der Waals surface area contributed by atoms with Crippen molar-refractivity contribution < 1.29 is 9.90 Å². The summed E-state index contributed by atoms with van der Waals surface area (Å²) in [7, 11) is 0. The fourth-order valence-corrected chi connectivity index (χ4v) is 3.77. The van der Waals surface area contributed by atoms with Gasteiger partial charge >= 0.3 is 0 Å². The minimum absolute atomic E-state index is 0.0465. The zero-order valence-electron chi connectivity index (χ0n) is 12.4. The molecule has 0 spiro atoms. The van der Waals surface area contributed by atoms with E-state index in [1.807, 2.05) is 16.8 Å². The third-order valence-corrected chi connectivity index (χ3v) is 5.09. The number of hydrogen-bond acceptors (Lipinski definition) is 4. The number of rotatable bonds is 4. The Hall–Kier alpha value is -1.66. The maximum atomic E-state index is 12.6. The van der Waals surface area contributed by atoms with E-state index >= 15 is 0 Å². The molecule has 1 aliphatic carbocycles. The average Bonchev–Trinajstić information content (AvgIpc) is 3.16. The molecule has 2 aromatic heterocycles. The van der Waals surface area contributed by atoms with Gasteiger partial charge in [-0.2, -0.15) is 16.4 Å². The maximum Gasteiger partial charge on any atom is 0.255 e. The van der Waals surface area contributed by atoms with Gasteiger partial charge in [-0.3, -0.25) is 9.89 Å². The zero-order chi connectivity index (χ0) is 15.4. The third-order valence-electron chi connectivity index (χ3n) is 4.40. The van der Waals surface area contributed by atoms with Crippen LogP contribution in [0, 0.1) is 5.92 Å². The van der Waals surface area contributed by atoms with Crippen molar-refractivity contribution in [2.45, 2.75) is 38.1 Å². The number of aliphatic hydroxyl groups is 1. The predicted molar refractivity (Wildman–Crippen MR) is 86.8 cm³/mol. The quantitative estimate of drug-likeness (QED) is 0.758. The Morgan fingerprint density at radius 1 is 1.41 bits per heavy atom. The van der Waals surface area contributed by atoms with Gasteiger partial charge in [0.2, 0.25) is 0 Å². The SMILES string of the molecule is O=C(N[C@H]1CCCCC[C@@H]1CO)c1cn[nH]c1-c1ccsc1. The van der Waals surface area contributed by atoms with E-state index in [2.05, 4.69) is 15.5 Å². The normalized spacial score (nSPS) is 22.2. The Morgan fingerprint density at radius 3 is 3.05 bits per heavy atom. The lowest BCUT2D eigenvalue weighted by Gasteiger charge is -2.24. The van der Waals surface area contributed by atoms with Gasteiger partial charge in [0.25, 0.3) is 5.91 Å². The highest BCUT2D eigenvalue weighted by molar-refractivity contribution is 7.08. The summed E-state index contributed by atoms with van der Waals surface area (Å²) in [5.41, 5.74) is 2.31. The molecule has 5 nitrogen and oxygen atoms in total. The molecule has 0 aromatic carbocycles. The summed E-state index contributed by atoms with van der Waals surface area (Å²) in [6.07, 6.45) is 6.89. The van der Waals surface area contributed by atoms with E-state index < -0.39 is 0 Å². The Balaban J connectivity index is 1.75. The van der Waals surface area contributed by atoms with Gasteiger partial charge < -0.3 is 10.4 Å². The highest BCUT2D eigenvalue weighted by Gasteiger charge is 2.26. The van der Waals surface area contributed by atoms with Crippen LogP contribution in [-0.2, 0) is 0 Å². The molecule has 3 rings (SSSR count). The van der Waals surface area contributed by atoms with Crippen LogP contribution in [0.4, 0.5) is 0 Å². The van der Waals surface area contributed by atoms with Gasteiger partial charge in [-0.1, -0.05) is 19.3 Å². The number of nitrogens with one attached hydrogen (secondary N) is 2. The lowest BCUT2D eigenvalue weighted by atomic mass is 9.95. The number of nitrogens with zero attached hydrogens (tertiary/aromatic N) is 1. The van der Waals surface area contributed by atoms with Gasteiger partial charge in [0.15, 0.2) is 0 Å². The standard InChI is InChI=1S/C16H21N3O2S/c20-9-11-4-2-1-3-5-14(11)18-16(21)13-8-17-19-15(13)12-6-7-22-10-12/h6-8,10-11,14,20H,1-5,9H2,(H,17,19)(H,18,21)/t11-,14+/m1/s1. The third kappa shape index (κ3) is 3.23. The molecule has 22 heavy (non-hydrogen) atoms. The van der Waals surface area contributed by atoms with E-state index in [0.717, 1.165) is 36.9 Å². The second kappa shape index (κ2) is 7.07.